The molecule has 2 aromatic rings. The quantitative estimate of drug-likeness (QED) is 0.612. The molecule has 28 heavy (non-hydrogen) atoms. The number of nitrogens with one attached hydrogen (secondary N) is 1. The number of carbonyl (C=O) groups excluding carboxylic acids is 1. The van der Waals surface area contributed by atoms with Crippen LogP contribution in [0.5, 0.6) is 5.75 Å². The van der Waals surface area contributed by atoms with Crippen LogP contribution in [-0.4, -0.2) is 34.5 Å². The van der Waals surface area contributed by atoms with Crippen LogP contribution in [-0.2, 0) is 14.8 Å². The van der Waals surface area contributed by atoms with Crippen LogP contribution in [0.1, 0.15) is 26.2 Å². The van der Waals surface area contributed by atoms with E-state index in [1.807, 2.05) is 0 Å². The molecule has 0 spiro atoms. The summed E-state index contributed by atoms with van der Waals surface area (Å²) in [6, 6.07) is 10.9. The van der Waals surface area contributed by atoms with Crippen molar-refractivity contribution < 1.29 is 22.3 Å². The summed E-state index contributed by atoms with van der Waals surface area (Å²) in [6.07, 6.45) is 2.83. The number of hydrogen-bond acceptors (Lipinski definition) is 4. The van der Waals surface area contributed by atoms with E-state index in [2.05, 4.69) is 12.2 Å². The van der Waals surface area contributed by atoms with Crippen LogP contribution in [0, 0.1) is 5.82 Å². The molecule has 0 atom stereocenters. The van der Waals surface area contributed by atoms with Gasteiger partial charge in [0.2, 0.25) is 5.91 Å². The van der Waals surface area contributed by atoms with Gasteiger partial charge in [0.1, 0.15) is 18.1 Å². The predicted molar refractivity (Wildman–Crippen MR) is 106 cm³/mol. The first-order valence-corrected chi connectivity index (χ1v) is 10.5. The molecule has 0 aliphatic rings. The largest absolute Gasteiger partial charge is 0.497 e. The number of amides is 1. The Bertz CT molecular complexity index is 868. The third kappa shape index (κ3) is 5.69. The molecule has 0 saturated carbocycles. The lowest BCUT2D eigenvalue weighted by molar-refractivity contribution is -0.119. The van der Waals surface area contributed by atoms with Gasteiger partial charge in [-0.05, 0) is 55.0 Å². The van der Waals surface area contributed by atoms with E-state index in [1.165, 1.54) is 19.2 Å². The molecule has 0 unspecified atom stereocenters. The molecule has 152 valence electrons. The number of sulfonamides is 1. The van der Waals surface area contributed by atoms with Crippen LogP contribution in [0.4, 0.5) is 10.1 Å². The minimum atomic E-state index is -4.06. The first-order chi connectivity index (χ1) is 13.4. The van der Waals surface area contributed by atoms with Gasteiger partial charge in [-0.1, -0.05) is 19.8 Å². The van der Waals surface area contributed by atoms with Crippen LogP contribution in [0.3, 0.4) is 0 Å². The highest BCUT2D eigenvalue weighted by Gasteiger charge is 2.27. The smallest absolute Gasteiger partial charge is 0.264 e. The number of methoxy groups -OCH3 is 1. The second-order valence-corrected chi connectivity index (χ2v) is 8.08. The molecule has 0 fully saturated rings. The zero-order chi connectivity index (χ0) is 20.6. The maximum atomic E-state index is 13.2. The molecule has 0 aliphatic carbocycles. The number of halogens is 1. The first kappa shape index (κ1) is 21.7. The Balaban J connectivity index is 2.29. The van der Waals surface area contributed by atoms with Crippen molar-refractivity contribution in [3.8, 4) is 5.75 Å². The highest BCUT2D eigenvalue weighted by atomic mass is 32.2. The van der Waals surface area contributed by atoms with E-state index in [0.717, 1.165) is 35.7 Å². The number of carbonyl (C=O) groups is 1. The fourth-order valence-electron chi connectivity index (χ4n) is 2.59. The maximum absolute atomic E-state index is 13.2. The van der Waals surface area contributed by atoms with Crippen molar-refractivity contribution in [2.24, 2.45) is 0 Å². The van der Waals surface area contributed by atoms with Gasteiger partial charge in [-0.2, -0.15) is 0 Å². The fourth-order valence-corrected chi connectivity index (χ4v) is 4.01. The lowest BCUT2D eigenvalue weighted by Gasteiger charge is -2.24. The Morgan fingerprint density at radius 1 is 1.07 bits per heavy atom. The number of benzene rings is 2. The van der Waals surface area contributed by atoms with Crippen LogP contribution in [0.25, 0.3) is 0 Å². The summed E-state index contributed by atoms with van der Waals surface area (Å²) in [5, 5.41) is 2.74. The number of hydrogen-bond donors (Lipinski definition) is 1. The molecule has 0 heterocycles. The maximum Gasteiger partial charge on any atom is 0.264 e. The second-order valence-electron chi connectivity index (χ2n) is 6.22. The normalized spacial score (nSPS) is 11.1. The van der Waals surface area contributed by atoms with Gasteiger partial charge >= 0.3 is 0 Å². The van der Waals surface area contributed by atoms with Crippen molar-refractivity contribution in [3.05, 3.63) is 54.3 Å². The van der Waals surface area contributed by atoms with Gasteiger partial charge in [-0.15, -0.1) is 0 Å². The fraction of sp³-hybridized carbons (Fsp3) is 0.350. The van der Waals surface area contributed by atoms with Crippen molar-refractivity contribution in [1.29, 1.82) is 0 Å². The zero-order valence-electron chi connectivity index (χ0n) is 16.0. The van der Waals surface area contributed by atoms with Gasteiger partial charge < -0.3 is 10.1 Å². The number of anilines is 1. The molecular formula is C20H25FN2O4S. The highest BCUT2D eigenvalue weighted by molar-refractivity contribution is 7.92. The minimum Gasteiger partial charge on any atom is -0.497 e. The van der Waals surface area contributed by atoms with Crippen molar-refractivity contribution >= 4 is 21.6 Å². The Morgan fingerprint density at radius 3 is 2.29 bits per heavy atom. The third-order valence-corrected chi connectivity index (χ3v) is 5.94. The van der Waals surface area contributed by atoms with Crippen molar-refractivity contribution in [2.75, 3.05) is 24.5 Å². The summed E-state index contributed by atoms with van der Waals surface area (Å²) in [7, 11) is -2.55. The number of unbranched alkanes of at least 4 members (excludes halogenated alkanes) is 2. The zero-order valence-corrected chi connectivity index (χ0v) is 16.8. The molecule has 2 rings (SSSR count). The van der Waals surface area contributed by atoms with Crippen molar-refractivity contribution in [3.63, 3.8) is 0 Å². The van der Waals surface area contributed by atoms with Gasteiger partial charge in [0, 0.05) is 6.54 Å². The Morgan fingerprint density at radius 2 is 1.71 bits per heavy atom. The summed E-state index contributed by atoms with van der Waals surface area (Å²) < 4.78 is 45.5. The second kappa shape index (κ2) is 10.1. The van der Waals surface area contributed by atoms with Crippen LogP contribution < -0.4 is 14.4 Å². The highest BCUT2D eigenvalue weighted by Crippen LogP contribution is 2.25. The lowest BCUT2D eigenvalue weighted by Crippen LogP contribution is -2.41. The standard InChI is InChI=1S/C20H25FN2O4S/c1-3-4-5-14-22-20(24)15-23(17-8-10-18(27-2)11-9-17)28(25,26)19-12-6-16(21)7-13-19/h6-13H,3-5,14-15H2,1-2H3,(H,22,24). The molecule has 0 aromatic heterocycles. The van der Waals surface area contributed by atoms with E-state index >= 15 is 0 Å². The molecule has 0 bridgehead atoms. The van der Waals surface area contributed by atoms with Crippen molar-refractivity contribution in [1.82, 2.24) is 5.32 Å². The molecule has 1 amide bonds. The van der Waals surface area contributed by atoms with E-state index in [4.69, 9.17) is 4.74 Å². The molecular weight excluding hydrogens is 383 g/mol. The van der Waals surface area contributed by atoms with Gasteiger partial charge in [-0.25, -0.2) is 12.8 Å². The number of ether oxygens (including phenoxy) is 1. The summed E-state index contributed by atoms with van der Waals surface area (Å²) in [5.41, 5.74) is 0.314. The van der Waals surface area contributed by atoms with Crippen LogP contribution >= 0.6 is 0 Å². The Kier molecular flexibility index (Phi) is 7.80. The molecule has 0 radical (unpaired) electrons. The monoisotopic (exact) mass is 408 g/mol. The van der Waals surface area contributed by atoms with E-state index in [-0.39, 0.29) is 11.4 Å². The van der Waals surface area contributed by atoms with Crippen LogP contribution in [0.15, 0.2) is 53.4 Å². The minimum absolute atomic E-state index is 0.0940. The Labute approximate surface area is 165 Å². The average Bonchev–Trinajstić information content (AvgIpc) is 2.70. The Hall–Kier alpha value is -2.61. The third-order valence-electron chi connectivity index (χ3n) is 4.15. The molecule has 2 aromatic carbocycles. The molecule has 0 aliphatic heterocycles. The van der Waals surface area contributed by atoms with Gasteiger partial charge in [-0.3, -0.25) is 9.10 Å². The van der Waals surface area contributed by atoms with Gasteiger partial charge in [0.05, 0.1) is 17.7 Å². The van der Waals surface area contributed by atoms with Gasteiger partial charge in [0.25, 0.3) is 10.0 Å². The summed E-state index contributed by atoms with van der Waals surface area (Å²) in [5.74, 6) is -0.381. The molecule has 1 N–H and O–H groups in total. The average molecular weight is 408 g/mol. The molecule has 6 nitrogen and oxygen atoms in total. The number of nitrogens with zero attached hydrogens (tertiary/aromatic N) is 1. The first-order valence-electron chi connectivity index (χ1n) is 9.07. The summed E-state index contributed by atoms with van der Waals surface area (Å²) in [4.78, 5) is 12.2. The van der Waals surface area contributed by atoms with Crippen LogP contribution in [0.2, 0.25) is 0 Å². The van der Waals surface area contributed by atoms with E-state index < -0.39 is 21.7 Å². The van der Waals surface area contributed by atoms with Gasteiger partial charge in [0.15, 0.2) is 0 Å². The molecule has 8 heteroatoms. The van der Waals surface area contributed by atoms with E-state index in [0.29, 0.717) is 18.0 Å². The number of rotatable bonds is 10. The molecule has 0 saturated heterocycles. The lowest BCUT2D eigenvalue weighted by atomic mass is 10.2. The predicted octanol–water partition coefficient (Wildman–Crippen LogP) is 3.34. The SMILES string of the molecule is CCCCCNC(=O)CN(c1ccc(OC)cc1)S(=O)(=O)c1ccc(F)cc1. The van der Waals surface area contributed by atoms with E-state index in [9.17, 15) is 17.6 Å². The summed E-state index contributed by atoms with van der Waals surface area (Å²) in [6.45, 7) is 2.17. The van der Waals surface area contributed by atoms with Crippen molar-refractivity contribution in [2.45, 2.75) is 31.1 Å². The van der Waals surface area contributed by atoms with E-state index in [1.54, 1.807) is 24.3 Å². The topological polar surface area (TPSA) is 75.7 Å². The summed E-state index contributed by atoms with van der Waals surface area (Å²) >= 11 is 0.